The highest BCUT2D eigenvalue weighted by atomic mass is 16.1. The minimum atomic E-state index is 0.321. The minimum absolute atomic E-state index is 0.321. The van der Waals surface area contributed by atoms with Crippen molar-refractivity contribution in [3.05, 3.63) is 53.9 Å². The molecule has 1 aliphatic carbocycles. The van der Waals surface area contributed by atoms with Gasteiger partial charge in [0.15, 0.2) is 0 Å². The molecule has 2 aromatic rings. The molecule has 0 spiro atoms. The molecule has 0 saturated carbocycles. The molecule has 1 aromatic carbocycles. The number of hydrogen-bond donors (Lipinski definition) is 0. The van der Waals surface area contributed by atoms with Gasteiger partial charge in [-0.3, -0.25) is 9.78 Å². The maximum atomic E-state index is 11.3. The fourth-order valence-corrected chi connectivity index (χ4v) is 2.17. The number of ketones is 1. The highest BCUT2D eigenvalue weighted by Crippen LogP contribution is 2.26. The van der Waals surface area contributed by atoms with Crippen LogP contribution in [0.15, 0.2) is 42.7 Å². The van der Waals surface area contributed by atoms with Crippen molar-refractivity contribution in [3.63, 3.8) is 0 Å². The number of Topliss-reactive ketones (excluding diaryl/α,β-unsaturated/α-hetero) is 1. The average Bonchev–Trinajstić information content (AvgIpc) is 2.69. The zero-order valence-corrected chi connectivity index (χ0v) is 8.81. The van der Waals surface area contributed by atoms with Crippen molar-refractivity contribution in [2.75, 3.05) is 0 Å². The fraction of sp³-hybridized carbons (Fsp3) is 0.143. The summed E-state index contributed by atoms with van der Waals surface area (Å²) in [6.45, 7) is 0. The van der Waals surface area contributed by atoms with Gasteiger partial charge in [0, 0.05) is 25.2 Å². The van der Waals surface area contributed by atoms with E-state index in [4.69, 9.17) is 0 Å². The number of nitrogens with zero attached hydrogens (tertiary/aromatic N) is 1. The minimum Gasteiger partial charge on any atom is -0.299 e. The van der Waals surface area contributed by atoms with Crippen molar-refractivity contribution in [3.8, 4) is 11.1 Å². The van der Waals surface area contributed by atoms with E-state index >= 15 is 0 Å². The molecule has 0 saturated heterocycles. The summed E-state index contributed by atoms with van der Waals surface area (Å²) in [7, 11) is 0. The van der Waals surface area contributed by atoms with Gasteiger partial charge < -0.3 is 0 Å². The number of fused-ring (bicyclic) bond motifs is 1. The molecule has 0 bridgehead atoms. The molecule has 78 valence electrons. The molecule has 1 heterocycles. The number of carbonyl (C=O) groups excluding carboxylic acids is 1. The predicted molar refractivity (Wildman–Crippen MR) is 62.1 cm³/mol. The number of benzene rings is 1. The molecule has 2 nitrogen and oxygen atoms in total. The molecule has 16 heavy (non-hydrogen) atoms. The Morgan fingerprint density at radius 3 is 2.44 bits per heavy atom. The first-order valence-electron chi connectivity index (χ1n) is 5.37. The standard InChI is InChI=1S/C14H11NO/c16-14-8-12-2-1-11(7-13(12)9-14)10-3-5-15-6-4-10/h1-7H,8-9H2. The first-order chi connectivity index (χ1) is 7.83. The van der Waals surface area contributed by atoms with Crippen LogP contribution in [0.3, 0.4) is 0 Å². The maximum Gasteiger partial charge on any atom is 0.141 e. The van der Waals surface area contributed by atoms with Gasteiger partial charge in [-0.05, 0) is 34.4 Å². The van der Waals surface area contributed by atoms with Crippen LogP contribution in [0.5, 0.6) is 0 Å². The third-order valence-electron chi connectivity index (χ3n) is 3.00. The molecule has 0 radical (unpaired) electrons. The molecule has 2 heteroatoms. The van der Waals surface area contributed by atoms with Gasteiger partial charge in [0.2, 0.25) is 0 Å². The van der Waals surface area contributed by atoms with Crippen LogP contribution in [0.25, 0.3) is 11.1 Å². The van der Waals surface area contributed by atoms with E-state index in [1.807, 2.05) is 12.1 Å². The summed E-state index contributed by atoms with van der Waals surface area (Å²) in [4.78, 5) is 15.3. The molecule has 1 aromatic heterocycles. The van der Waals surface area contributed by atoms with E-state index in [9.17, 15) is 4.79 Å². The topological polar surface area (TPSA) is 30.0 Å². The molecule has 0 atom stereocenters. The Balaban J connectivity index is 2.06. The zero-order chi connectivity index (χ0) is 11.0. The van der Waals surface area contributed by atoms with Crippen molar-refractivity contribution in [2.24, 2.45) is 0 Å². The van der Waals surface area contributed by atoms with Crippen molar-refractivity contribution in [1.82, 2.24) is 4.98 Å². The molecule has 0 fully saturated rings. The quantitative estimate of drug-likeness (QED) is 0.722. The predicted octanol–water partition coefficient (Wildman–Crippen LogP) is 2.42. The van der Waals surface area contributed by atoms with Gasteiger partial charge in [-0.1, -0.05) is 18.2 Å². The summed E-state index contributed by atoms with van der Waals surface area (Å²) in [6, 6.07) is 10.2. The van der Waals surface area contributed by atoms with Crippen LogP contribution >= 0.6 is 0 Å². The van der Waals surface area contributed by atoms with E-state index in [1.165, 1.54) is 11.1 Å². The van der Waals surface area contributed by atoms with Crippen LogP contribution < -0.4 is 0 Å². The van der Waals surface area contributed by atoms with Gasteiger partial charge in [-0.15, -0.1) is 0 Å². The second kappa shape index (κ2) is 3.56. The van der Waals surface area contributed by atoms with Crippen LogP contribution in [0.1, 0.15) is 11.1 Å². The lowest BCUT2D eigenvalue weighted by atomic mass is 10.0. The van der Waals surface area contributed by atoms with E-state index < -0.39 is 0 Å². The van der Waals surface area contributed by atoms with E-state index in [0.717, 1.165) is 11.1 Å². The lowest BCUT2D eigenvalue weighted by molar-refractivity contribution is -0.117. The van der Waals surface area contributed by atoms with Gasteiger partial charge in [-0.25, -0.2) is 0 Å². The lowest BCUT2D eigenvalue weighted by Gasteiger charge is -2.03. The fourth-order valence-electron chi connectivity index (χ4n) is 2.17. The van der Waals surface area contributed by atoms with E-state index in [1.54, 1.807) is 12.4 Å². The summed E-state index contributed by atoms with van der Waals surface area (Å²) >= 11 is 0. The second-order valence-electron chi connectivity index (χ2n) is 4.11. The summed E-state index contributed by atoms with van der Waals surface area (Å²) < 4.78 is 0. The summed E-state index contributed by atoms with van der Waals surface area (Å²) in [5.41, 5.74) is 4.68. The van der Waals surface area contributed by atoms with Crippen LogP contribution in [0, 0.1) is 0 Å². The van der Waals surface area contributed by atoms with E-state index in [0.29, 0.717) is 18.6 Å². The van der Waals surface area contributed by atoms with Crippen LogP contribution in [0.4, 0.5) is 0 Å². The third-order valence-corrected chi connectivity index (χ3v) is 3.00. The van der Waals surface area contributed by atoms with E-state index in [2.05, 4.69) is 23.2 Å². The molecular weight excluding hydrogens is 198 g/mol. The van der Waals surface area contributed by atoms with Gasteiger partial charge in [0.25, 0.3) is 0 Å². The number of rotatable bonds is 1. The Morgan fingerprint density at radius 2 is 1.62 bits per heavy atom. The smallest absolute Gasteiger partial charge is 0.141 e. The third kappa shape index (κ3) is 1.52. The molecule has 0 N–H and O–H groups in total. The van der Waals surface area contributed by atoms with Crippen LogP contribution in [-0.2, 0) is 17.6 Å². The van der Waals surface area contributed by atoms with Crippen LogP contribution in [-0.4, -0.2) is 10.8 Å². The van der Waals surface area contributed by atoms with E-state index in [-0.39, 0.29) is 0 Å². The van der Waals surface area contributed by atoms with Crippen molar-refractivity contribution >= 4 is 5.78 Å². The summed E-state index contributed by atoms with van der Waals surface area (Å²) in [5.74, 6) is 0.321. The Hall–Kier alpha value is -1.96. The summed E-state index contributed by atoms with van der Waals surface area (Å²) in [6.07, 6.45) is 4.77. The molecule has 3 rings (SSSR count). The molecule has 0 aliphatic heterocycles. The van der Waals surface area contributed by atoms with Gasteiger partial charge >= 0.3 is 0 Å². The van der Waals surface area contributed by atoms with Gasteiger partial charge in [0.1, 0.15) is 5.78 Å². The molecular formula is C14H11NO. The number of aromatic nitrogens is 1. The van der Waals surface area contributed by atoms with Crippen molar-refractivity contribution < 1.29 is 4.79 Å². The maximum absolute atomic E-state index is 11.3. The highest BCUT2D eigenvalue weighted by Gasteiger charge is 2.18. The normalized spacial score (nSPS) is 13.9. The molecule has 0 unspecified atom stereocenters. The molecule has 0 amide bonds. The van der Waals surface area contributed by atoms with Crippen molar-refractivity contribution in [1.29, 1.82) is 0 Å². The van der Waals surface area contributed by atoms with Gasteiger partial charge in [0.05, 0.1) is 0 Å². The average molecular weight is 209 g/mol. The Labute approximate surface area is 94.0 Å². The number of carbonyl (C=O) groups is 1. The lowest BCUT2D eigenvalue weighted by Crippen LogP contribution is -1.92. The largest absolute Gasteiger partial charge is 0.299 e. The second-order valence-corrected chi connectivity index (χ2v) is 4.11. The highest BCUT2D eigenvalue weighted by molar-refractivity contribution is 5.88. The first kappa shape index (κ1) is 9.28. The number of hydrogen-bond acceptors (Lipinski definition) is 2. The van der Waals surface area contributed by atoms with Gasteiger partial charge in [-0.2, -0.15) is 0 Å². The van der Waals surface area contributed by atoms with Crippen molar-refractivity contribution in [2.45, 2.75) is 12.8 Å². The van der Waals surface area contributed by atoms with Crippen LogP contribution in [0.2, 0.25) is 0 Å². The first-order valence-corrected chi connectivity index (χ1v) is 5.37. The monoisotopic (exact) mass is 209 g/mol. The zero-order valence-electron chi connectivity index (χ0n) is 8.81. The Morgan fingerprint density at radius 1 is 0.875 bits per heavy atom. The Bertz CT molecular complexity index is 546. The SMILES string of the molecule is O=C1Cc2ccc(-c3ccncc3)cc2C1. The number of pyridine rings is 1. The molecule has 1 aliphatic rings. The summed E-state index contributed by atoms with van der Waals surface area (Å²) in [5, 5.41) is 0. The Kier molecular flexibility index (Phi) is 2.07.